The van der Waals surface area contributed by atoms with E-state index in [4.69, 9.17) is 4.74 Å². The maximum atomic E-state index is 13.5. The standard InChI is InChI=1S/C22H31N3O4/c1-21(2,3)24-19(27)17-22-11-10-14(29-22)15(18(26)23-12-6-4-5-7-12)16(22)20(28)25(17)13-8-9-13/h10-17H,4-9H2,1-3H3,(H,23,26)(H,24,27)/t14-,15-,16+,17+,22+/m1/s1. The van der Waals surface area contributed by atoms with Crippen LogP contribution in [-0.4, -0.2) is 58.0 Å². The molecule has 0 aromatic heterocycles. The van der Waals surface area contributed by atoms with Gasteiger partial charge < -0.3 is 20.3 Å². The number of likely N-dealkylation sites (tertiary alicyclic amines) is 1. The van der Waals surface area contributed by atoms with Crippen LogP contribution in [0.25, 0.3) is 0 Å². The number of ether oxygens (including phenoxy) is 1. The van der Waals surface area contributed by atoms with E-state index < -0.39 is 35.1 Å². The summed E-state index contributed by atoms with van der Waals surface area (Å²) < 4.78 is 6.31. The van der Waals surface area contributed by atoms with Gasteiger partial charge >= 0.3 is 0 Å². The second kappa shape index (κ2) is 6.30. The van der Waals surface area contributed by atoms with Crippen LogP contribution in [0.5, 0.6) is 0 Å². The largest absolute Gasteiger partial charge is 0.359 e. The highest BCUT2D eigenvalue weighted by Gasteiger charge is 2.74. The molecule has 29 heavy (non-hydrogen) atoms. The van der Waals surface area contributed by atoms with E-state index in [-0.39, 0.29) is 29.8 Å². The molecule has 2 aliphatic carbocycles. The summed E-state index contributed by atoms with van der Waals surface area (Å²) in [5, 5.41) is 6.19. The maximum absolute atomic E-state index is 13.5. The molecule has 3 amide bonds. The van der Waals surface area contributed by atoms with Crippen molar-refractivity contribution >= 4 is 17.7 Å². The van der Waals surface area contributed by atoms with E-state index in [1.165, 1.54) is 0 Å². The lowest BCUT2D eigenvalue weighted by atomic mass is 9.74. The Labute approximate surface area is 171 Å². The van der Waals surface area contributed by atoms with Gasteiger partial charge in [0.25, 0.3) is 0 Å². The van der Waals surface area contributed by atoms with Crippen LogP contribution in [0.3, 0.4) is 0 Å². The first-order chi connectivity index (χ1) is 13.7. The number of rotatable bonds is 4. The Morgan fingerprint density at radius 3 is 2.45 bits per heavy atom. The average molecular weight is 402 g/mol. The van der Waals surface area contributed by atoms with E-state index in [2.05, 4.69) is 10.6 Å². The third-order valence-corrected chi connectivity index (χ3v) is 7.00. The molecule has 5 atom stereocenters. The van der Waals surface area contributed by atoms with Gasteiger partial charge in [0.05, 0.1) is 17.9 Å². The van der Waals surface area contributed by atoms with Crippen molar-refractivity contribution in [3.8, 4) is 0 Å². The van der Waals surface area contributed by atoms with E-state index in [0.717, 1.165) is 38.5 Å². The number of nitrogens with one attached hydrogen (secondary N) is 2. The van der Waals surface area contributed by atoms with Crippen molar-refractivity contribution in [2.24, 2.45) is 11.8 Å². The molecule has 0 aromatic rings. The van der Waals surface area contributed by atoms with Crippen molar-refractivity contribution in [2.75, 3.05) is 0 Å². The quantitative estimate of drug-likeness (QED) is 0.695. The van der Waals surface area contributed by atoms with Crippen LogP contribution in [0.4, 0.5) is 0 Å². The smallest absolute Gasteiger partial charge is 0.246 e. The summed E-state index contributed by atoms with van der Waals surface area (Å²) >= 11 is 0. The molecule has 2 N–H and O–H groups in total. The molecule has 0 unspecified atom stereocenters. The minimum absolute atomic E-state index is 0.0767. The zero-order valence-electron chi connectivity index (χ0n) is 17.4. The topological polar surface area (TPSA) is 87.7 Å². The molecule has 158 valence electrons. The summed E-state index contributed by atoms with van der Waals surface area (Å²) in [6.07, 6.45) is 9.39. The highest BCUT2D eigenvalue weighted by molar-refractivity contribution is 6.00. The fourth-order valence-electron chi connectivity index (χ4n) is 5.76. The fourth-order valence-corrected chi connectivity index (χ4v) is 5.76. The van der Waals surface area contributed by atoms with Gasteiger partial charge in [0.1, 0.15) is 11.6 Å². The van der Waals surface area contributed by atoms with Crippen LogP contribution in [-0.2, 0) is 19.1 Å². The Balaban J connectivity index is 1.46. The molecule has 2 saturated carbocycles. The first-order valence-corrected chi connectivity index (χ1v) is 11.0. The summed E-state index contributed by atoms with van der Waals surface area (Å²) in [7, 11) is 0. The Bertz CT molecular complexity index is 777. The van der Waals surface area contributed by atoms with Gasteiger partial charge in [0, 0.05) is 17.6 Å². The van der Waals surface area contributed by atoms with Gasteiger partial charge in [-0.05, 0) is 46.5 Å². The SMILES string of the molecule is CC(C)(C)NC(=O)[C@@H]1N(C2CC2)C(=O)[C@@H]2[C@H](C(=O)NC3CCCC3)[C@H]3C=C[C@]21O3. The van der Waals surface area contributed by atoms with Crippen LogP contribution in [0.1, 0.15) is 59.3 Å². The highest BCUT2D eigenvalue weighted by Crippen LogP contribution is 2.57. The predicted octanol–water partition coefficient (Wildman–Crippen LogP) is 1.27. The molecule has 2 bridgehead atoms. The molecule has 5 aliphatic rings. The molecule has 7 heteroatoms. The van der Waals surface area contributed by atoms with Crippen LogP contribution in [0.15, 0.2) is 12.2 Å². The number of carbonyl (C=O) groups excluding carboxylic acids is 3. The zero-order chi connectivity index (χ0) is 20.6. The van der Waals surface area contributed by atoms with Crippen LogP contribution >= 0.6 is 0 Å². The first-order valence-electron chi connectivity index (χ1n) is 11.0. The lowest BCUT2D eigenvalue weighted by Crippen LogP contribution is -2.58. The minimum Gasteiger partial charge on any atom is -0.359 e. The Kier molecular flexibility index (Phi) is 4.15. The van der Waals surface area contributed by atoms with E-state index in [9.17, 15) is 14.4 Å². The summed E-state index contributed by atoms with van der Waals surface area (Å²) in [4.78, 5) is 41.8. The van der Waals surface area contributed by atoms with Gasteiger partial charge in [-0.3, -0.25) is 14.4 Å². The lowest BCUT2D eigenvalue weighted by Gasteiger charge is -2.34. The third-order valence-electron chi connectivity index (χ3n) is 7.00. The molecular formula is C22H31N3O4. The van der Waals surface area contributed by atoms with Crippen LogP contribution in [0.2, 0.25) is 0 Å². The fraction of sp³-hybridized carbons (Fsp3) is 0.773. The molecule has 7 nitrogen and oxygen atoms in total. The second-order valence-electron chi connectivity index (χ2n) is 10.4. The zero-order valence-corrected chi connectivity index (χ0v) is 17.4. The minimum atomic E-state index is -1.03. The van der Waals surface area contributed by atoms with E-state index in [1.54, 1.807) is 4.90 Å². The third kappa shape index (κ3) is 2.92. The van der Waals surface area contributed by atoms with E-state index in [0.29, 0.717) is 0 Å². The normalized spacial score (nSPS) is 38.6. The van der Waals surface area contributed by atoms with Crippen molar-refractivity contribution in [1.29, 1.82) is 0 Å². The second-order valence-corrected chi connectivity index (χ2v) is 10.4. The van der Waals surface area contributed by atoms with Crippen molar-refractivity contribution in [2.45, 2.75) is 94.7 Å². The molecule has 3 aliphatic heterocycles. The van der Waals surface area contributed by atoms with E-state index >= 15 is 0 Å². The highest BCUT2D eigenvalue weighted by atomic mass is 16.5. The lowest BCUT2D eigenvalue weighted by molar-refractivity contribution is -0.143. The van der Waals surface area contributed by atoms with Crippen molar-refractivity contribution in [3.05, 3.63) is 12.2 Å². The molecule has 2 saturated heterocycles. The van der Waals surface area contributed by atoms with Crippen LogP contribution in [0, 0.1) is 11.8 Å². The Morgan fingerprint density at radius 2 is 1.83 bits per heavy atom. The molecule has 5 rings (SSSR count). The van der Waals surface area contributed by atoms with Crippen molar-refractivity contribution in [1.82, 2.24) is 15.5 Å². The summed E-state index contributed by atoms with van der Waals surface area (Å²) in [6, 6.07) is -0.442. The monoisotopic (exact) mass is 401 g/mol. The van der Waals surface area contributed by atoms with Gasteiger partial charge in [-0.1, -0.05) is 25.0 Å². The average Bonchev–Trinajstić information content (AvgIpc) is 2.99. The maximum Gasteiger partial charge on any atom is 0.246 e. The molecule has 3 heterocycles. The van der Waals surface area contributed by atoms with Gasteiger partial charge in [0.15, 0.2) is 0 Å². The first kappa shape index (κ1) is 19.1. The van der Waals surface area contributed by atoms with Crippen molar-refractivity contribution < 1.29 is 19.1 Å². The Morgan fingerprint density at radius 1 is 1.14 bits per heavy atom. The molecule has 4 fully saturated rings. The van der Waals surface area contributed by atoms with Gasteiger partial charge in [0.2, 0.25) is 17.7 Å². The van der Waals surface area contributed by atoms with Gasteiger partial charge in [-0.25, -0.2) is 0 Å². The number of carbonyl (C=O) groups is 3. The van der Waals surface area contributed by atoms with Crippen molar-refractivity contribution in [3.63, 3.8) is 0 Å². The number of hydrogen-bond donors (Lipinski definition) is 2. The van der Waals surface area contributed by atoms with Gasteiger partial charge in [-0.2, -0.15) is 0 Å². The summed E-state index contributed by atoms with van der Waals surface area (Å²) in [6.45, 7) is 5.79. The Hall–Kier alpha value is -1.89. The molecule has 0 radical (unpaired) electrons. The summed E-state index contributed by atoms with van der Waals surface area (Å²) in [5.41, 5.74) is -1.44. The number of nitrogens with zero attached hydrogens (tertiary/aromatic N) is 1. The molecule has 1 spiro atoms. The molecular weight excluding hydrogens is 370 g/mol. The van der Waals surface area contributed by atoms with Crippen LogP contribution < -0.4 is 10.6 Å². The number of amides is 3. The predicted molar refractivity (Wildman–Crippen MR) is 106 cm³/mol. The van der Waals surface area contributed by atoms with Gasteiger partial charge in [-0.15, -0.1) is 0 Å². The number of fused-ring (bicyclic) bond motifs is 1. The van der Waals surface area contributed by atoms with E-state index in [1.807, 2.05) is 32.9 Å². The number of hydrogen-bond acceptors (Lipinski definition) is 4. The summed E-state index contributed by atoms with van der Waals surface area (Å²) in [5.74, 6) is -1.56. The molecule has 0 aromatic carbocycles.